The topological polar surface area (TPSA) is 84.0 Å². The average molecular weight is 364 g/mol. The first-order valence-electron chi connectivity index (χ1n) is 8.28. The number of carbonyl (C=O) groups is 2. The molecule has 0 bridgehead atoms. The van der Waals surface area contributed by atoms with Crippen molar-refractivity contribution in [2.75, 3.05) is 0 Å². The van der Waals surface area contributed by atoms with E-state index in [9.17, 15) is 14.0 Å². The summed E-state index contributed by atoms with van der Waals surface area (Å²) in [6.07, 6.45) is 4.70. The van der Waals surface area contributed by atoms with Crippen molar-refractivity contribution < 1.29 is 14.0 Å². The van der Waals surface area contributed by atoms with Gasteiger partial charge in [-0.1, -0.05) is 24.3 Å². The van der Waals surface area contributed by atoms with Crippen molar-refractivity contribution in [3.05, 3.63) is 95.3 Å². The summed E-state index contributed by atoms with van der Waals surface area (Å²) < 4.78 is 13.6. The SMILES string of the molecule is O=C(NCc1cccnc1)c1ccnc(C(=O)NCc2ccccc2F)c1. The minimum atomic E-state index is -0.486. The summed E-state index contributed by atoms with van der Waals surface area (Å²) in [5.41, 5.74) is 1.63. The fourth-order valence-electron chi connectivity index (χ4n) is 2.39. The molecule has 2 aromatic heterocycles. The highest BCUT2D eigenvalue weighted by atomic mass is 19.1. The standard InChI is InChI=1S/C20H17FN4O2/c21-17-6-2-1-5-16(17)13-25-20(27)18-10-15(7-9-23-18)19(26)24-12-14-4-3-8-22-11-14/h1-11H,12-13H2,(H,24,26)(H,25,27). The molecule has 7 heteroatoms. The van der Waals surface area contributed by atoms with Gasteiger partial charge < -0.3 is 10.6 Å². The molecule has 2 N–H and O–H groups in total. The molecule has 0 radical (unpaired) electrons. The summed E-state index contributed by atoms with van der Waals surface area (Å²) in [6.45, 7) is 0.356. The molecule has 0 atom stereocenters. The number of halogens is 1. The van der Waals surface area contributed by atoms with E-state index in [-0.39, 0.29) is 18.1 Å². The second kappa shape index (κ2) is 8.66. The number of benzene rings is 1. The summed E-state index contributed by atoms with van der Waals surface area (Å²) in [6, 6.07) is 12.7. The highest BCUT2D eigenvalue weighted by Crippen LogP contribution is 2.07. The van der Waals surface area contributed by atoms with Crippen LogP contribution in [0, 0.1) is 5.82 Å². The molecule has 27 heavy (non-hydrogen) atoms. The Bertz CT molecular complexity index is 947. The second-order valence-corrected chi connectivity index (χ2v) is 5.75. The van der Waals surface area contributed by atoms with Crippen LogP contribution < -0.4 is 10.6 Å². The number of rotatable bonds is 6. The molecule has 0 aliphatic carbocycles. The van der Waals surface area contributed by atoms with Crippen molar-refractivity contribution >= 4 is 11.8 Å². The fraction of sp³-hybridized carbons (Fsp3) is 0.100. The van der Waals surface area contributed by atoms with E-state index in [1.54, 1.807) is 36.7 Å². The smallest absolute Gasteiger partial charge is 0.270 e. The van der Waals surface area contributed by atoms with Crippen molar-refractivity contribution in [2.24, 2.45) is 0 Å². The van der Waals surface area contributed by atoms with Gasteiger partial charge in [0.1, 0.15) is 11.5 Å². The fourth-order valence-corrected chi connectivity index (χ4v) is 2.39. The Labute approximate surface area is 155 Å². The van der Waals surface area contributed by atoms with E-state index in [1.807, 2.05) is 6.07 Å². The third-order valence-corrected chi connectivity index (χ3v) is 3.83. The number of nitrogens with one attached hydrogen (secondary N) is 2. The number of hydrogen-bond donors (Lipinski definition) is 2. The Morgan fingerprint density at radius 3 is 2.52 bits per heavy atom. The summed E-state index contributed by atoms with van der Waals surface area (Å²) in [4.78, 5) is 32.5. The van der Waals surface area contributed by atoms with Gasteiger partial charge in [-0.3, -0.25) is 19.6 Å². The summed E-state index contributed by atoms with van der Waals surface area (Å²) >= 11 is 0. The van der Waals surface area contributed by atoms with Gasteiger partial charge in [-0.15, -0.1) is 0 Å². The van der Waals surface area contributed by atoms with Crippen LogP contribution >= 0.6 is 0 Å². The number of amides is 2. The number of pyridine rings is 2. The largest absolute Gasteiger partial charge is 0.348 e. The molecule has 0 saturated carbocycles. The van der Waals surface area contributed by atoms with Gasteiger partial charge in [-0.05, 0) is 29.8 Å². The van der Waals surface area contributed by atoms with Crippen LogP contribution in [0.3, 0.4) is 0 Å². The molecule has 0 spiro atoms. The maximum atomic E-state index is 13.6. The average Bonchev–Trinajstić information content (AvgIpc) is 2.72. The van der Waals surface area contributed by atoms with Crippen molar-refractivity contribution in [3.8, 4) is 0 Å². The highest BCUT2D eigenvalue weighted by Gasteiger charge is 2.12. The first-order chi connectivity index (χ1) is 13.1. The minimum Gasteiger partial charge on any atom is -0.348 e. The predicted octanol–water partition coefficient (Wildman–Crippen LogP) is 2.48. The van der Waals surface area contributed by atoms with Crippen LogP contribution in [0.25, 0.3) is 0 Å². The van der Waals surface area contributed by atoms with E-state index in [0.29, 0.717) is 17.7 Å². The molecule has 3 rings (SSSR count). The molecule has 0 unspecified atom stereocenters. The van der Waals surface area contributed by atoms with Crippen molar-refractivity contribution in [2.45, 2.75) is 13.1 Å². The molecule has 6 nitrogen and oxygen atoms in total. The van der Waals surface area contributed by atoms with Crippen LogP contribution in [-0.4, -0.2) is 21.8 Å². The van der Waals surface area contributed by atoms with E-state index in [2.05, 4.69) is 20.6 Å². The van der Waals surface area contributed by atoms with E-state index < -0.39 is 11.7 Å². The molecule has 0 aliphatic heterocycles. The Hall–Kier alpha value is -3.61. The van der Waals surface area contributed by atoms with Gasteiger partial charge in [0.05, 0.1) is 0 Å². The zero-order valence-electron chi connectivity index (χ0n) is 14.4. The van der Waals surface area contributed by atoms with Gasteiger partial charge in [0, 0.05) is 42.8 Å². The zero-order chi connectivity index (χ0) is 19.1. The molecular weight excluding hydrogens is 347 g/mol. The second-order valence-electron chi connectivity index (χ2n) is 5.75. The van der Waals surface area contributed by atoms with Crippen molar-refractivity contribution in [3.63, 3.8) is 0 Å². The first-order valence-corrected chi connectivity index (χ1v) is 8.28. The molecule has 0 saturated heterocycles. The third-order valence-electron chi connectivity index (χ3n) is 3.83. The number of nitrogens with zero attached hydrogens (tertiary/aromatic N) is 2. The van der Waals surface area contributed by atoms with Gasteiger partial charge in [0.25, 0.3) is 11.8 Å². The summed E-state index contributed by atoms with van der Waals surface area (Å²) in [7, 11) is 0. The maximum absolute atomic E-state index is 13.6. The molecule has 1 aromatic carbocycles. The molecule has 2 heterocycles. The lowest BCUT2D eigenvalue weighted by atomic mass is 10.2. The number of carbonyl (C=O) groups excluding carboxylic acids is 2. The number of aromatic nitrogens is 2. The van der Waals surface area contributed by atoms with E-state index >= 15 is 0 Å². The van der Waals surface area contributed by atoms with E-state index in [0.717, 1.165) is 5.56 Å². The third kappa shape index (κ3) is 4.94. The molecule has 0 aliphatic rings. The van der Waals surface area contributed by atoms with Crippen LogP contribution in [0.2, 0.25) is 0 Å². The van der Waals surface area contributed by atoms with E-state index in [1.165, 1.54) is 24.4 Å². The lowest BCUT2D eigenvalue weighted by molar-refractivity contribution is 0.0945. The zero-order valence-corrected chi connectivity index (χ0v) is 14.4. The maximum Gasteiger partial charge on any atom is 0.270 e. The van der Waals surface area contributed by atoms with Gasteiger partial charge in [0.15, 0.2) is 0 Å². The monoisotopic (exact) mass is 364 g/mol. The normalized spacial score (nSPS) is 10.3. The molecular formula is C20H17FN4O2. The highest BCUT2D eigenvalue weighted by molar-refractivity contribution is 5.98. The molecule has 136 valence electrons. The van der Waals surface area contributed by atoms with Crippen LogP contribution in [-0.2, 0) is 13.1 Å². The summed E-state index contributed by atoms with van der Waals surface area (Å²) in [5.74, 6) is -1.21. The first kappa shape index (κ1) is 18.2. The van der Waals surface area contributed by atoms with Crippen molar-refractivity contribution in [1.29, 1.82) is 0 Å². The Morgan fingerprint density at radius 1 is 0.926 bits per heavy atom. The van der Waals surface area contributed by atoms with Crippen LogP contribution in [0.1, 0.15) is 32.0 Å². The molecule has 3 aromatic rings. The Morgan fingerprint density at radius 2 is 1.74 bits per heavy atom. The molecule has 0 fully saturated rings. The minimum absolute atomic E-state index is 0.0324. The lowest BCUT2D eigenvalue weighted by Crippen LogP contribution is -2.26. The number of hydrogen-bond acceptors (Lipinski definition) is 4. The lowest BCUT2D eigenvalue weighted by Gasteiger charge is -2.08. The quantitative estimate of drug-likeness (QED) is 0.704. The summed E-state index contributed by atoms with van der Waals surface area (Å²) in [5, 5.41) is 5.36. The Balaban J connectivity index is 1.61. The van der Waals surface area contributed by atoms with Gasteiger partial charge in [0.2, 0.25) is 0 Å². The van der Waals surface area contributed by atoms with Crippen LogP contribution in [0.5, 0.6) is 0 Å². The van der Waals surface area contributed by atoms with Crippen LogP contribution in [0.4, 0.5) is 4.39 Å². The Kier molecular flexibility index (Phi) is 5.84. The van der Waals surface area contributed by atoms with E-state index in [4.69, 9.17) is 0 Å². The van der Waals surface area contributed by atoms with Crippen LogP contribution in [0.15, 0.2) is 67.1 Å². The van der Waals surface area contributed by atoms with Gasteiger partial charge in [-0.2, -0.15) is 0 Å². The van der Waals surface area contributed by atoms with Gasteiger partial charge in [-0.25, -0.2) is 4.39 Å². The van der Waals surface area contributed by atoms with Crippen molar-refractivity contribution in [1.82, 2.24) is 20.6 Å². The van der Waals surface area contributed by atoms with Gasteiger partial charge >= 0.3 is 0 Å². The molecule has 2 amide bonds. The predicted molar refractivity (Wildman–Crippen MR) is 97.2 cm³/mol.